The Bertz CT molecular complexity index is 1790. The Hall–Kier alpha value is -5.08. The average Bonchev–Trinajstić information content (AvgIpc) is 3.25. The van der Waals surface area contributed by atoms with Crippen molar-refractivity contribution in [3.05, 3.63) is 130 Å². The van der Waals surface area contributed by atoms with Crippen molar-refractivity contribution < 1.29 is 14.7 Å². The minimum Gasteiger partial charge on any atom is -0.478 e. The Morgan fingerprint density at radius 1 is 0.927 bits per heavy atom. The number of nitrogens with one attached hydrogen (secondary N) is 1. The zero-order valence-electron chi connectivity index (χ0n) is 22.7. The van der Waals surface area contributed by atoms with E-state index in [0.29, 0.717) is 30.6 Å². The number of hydrogen-bond donors (Lipinski definition) is 2. The number of carboxylic acid groups (broad SMARTS) is 1. The molecular weight excluding hydrogens is 508 g/mol. The molecule has 1 heterocycles. The molecule has 2 aliphatic rings. The smallest absolute Gasteiger partial charge is 0.336 e. The summed E-state index contributed by atoms with van der Waals surface area (Å²) in [4.78, 5) is 27.2. The van der Waals surface area contributed by atoms with Gasteiger partial charge in [-0.15, -0.1) is 0 Å². The minimum atomic E-state index is -0.958. The van der Waals surface area contributed by atoms with Crippen LogP contribution in [0.15, 0.2) is 103 Å². The van der Waals surface area contributed by atoms with Gasteiger partial charge in [0.25, 0.3) is 5.91 Å². The van der Waals surface area contributed by atoms with E-state index in [1.807, 2.05) is 42.5 Å². The molecule has 1 aliphatic heterocycles. The molecule has 41 heavy (non-hydrogen) atoms. The second-order valence-electron chi connectivity index (χ2n) is 10.4. The number of carbonyl (C=O) groups excluding carboxylic acids is 1. The molecule has 1 amide bonds. The summed E-state index contributed by atoms with van der Waals surface area (Å²) in [6.07, 6.45) is 6.67. The van der Waals surface area contributed by atoms with Crippen LogP contribution in [0, 0.1) is 11.8 Å². The lowest BCUT2D eigenvalue weighted by Gasteiger charge is -2.32. The maximum Gasteiger partial charge on any atom is 0.336 e. The minimum absolute atomic E-state index is 0.0774. The topological polar surface area (TPSA) is 69.6 Å². The van der Waals surface area contributed by atoms with E-state index >= 15 is 0 Å². The van der Waals surface area contributed by atoms with Gasteiger partial charge in [0.15, 0.2) is 0 Å². The van der Waals surface area contributed by atoms with Crippen LogP contribution in [0.1, 0.15) is 50.2 Å². The maximum atomic E-state index is 13.1. The van der Waals surface area contributed by atoms with Gasteiger partial charge in [-0.3, -0.25) is 4.79 Å². The summed E-state index contributed by atoms with van der Waals surface area (Å²) in [6, 6.07) is 27.5. The first-order valence-electron chi connectivity index (χ1n) is 13.9. The standard InChI is InChI=1S/C36H30N2O3/c39-35(37-23-25-15-16-27-9-3-4-10-28(27)20-25)31-17-18-34-30(22-31)12-7-19-38(34)24-26-8-1-2-11-29(21-26)32-13-5-6-14-33(32)36(40)41/h3-6,8-10,13-18,20-22H,1,7,12,19,23-24H2,(H,37,39)(H,40,41). The lowest BCUT2D eigenvalue weighted by Crippen LogP contribution is -2.31. The highest BCUT2D eigenvalue weighted by Crippen LogP contribution is 2.30. The van der Waals surface area contributed by atoms with Crippen molar-refractivity contribution in [2.75, 3.05) is 18.0 Å². The summed E-state index contributed by atoms with van der Waals surface area (Å²) >= 11 is 0. The fraction of sp³-hybridized carbons (Fsp3) is 0.167. The van der Waals surface area contributed by atoms with Gasteiger partial charge in [-0.05, 0) is 76.7 Å². The van der Waals surface area contributed by atoms with E-state index in [0.717, 1.165) is 47.2 Å². The molecule has 0 unspecified atom stereocenters. The monoisotopic (exact) mass is 538 g/mol. The average molecular weight is 539 g/mol. The molecule has 5 heteroatoms. The molecule has 0 fully saturated rings. The zero-order chi connectivity index (χ0) is 28.2. The van der Waals surface area contributed by atoms with Crippen LogP contribution in [0.2, 0.25) is 0 Å². The molecule has 4 aromatic carbocycles. The first-order valence-corrected chi connectivity index (χ1v) is 13.9. The van der Waals surface area contributed by atoms with Gasteiger partial charge < -0.3 is 15.3 Å². The molecule has 0 spiro atoms. The van der Waals surface area contributed by atoms with Crippen molar-refractivity contribution in [2.45, 2.75) is 25.8 Å². The van der Waals surface area contributed by atoms with Crippen LogP contribution in [0.25, 0.3) is 16.3 Å². The molecule has 6 rings (SSSR count). The number of rotatable bonds is 7. The summed E-state index contributed by atoms with van der Waals surface area (Å²) in [7, 11) is 0. The maximum absolute atomic E-state index is 13.1. The molecule has 0 saturated carbocycles. The molecule has 0 atom stereocenters. The first kappa shape index (κ1) is 26.2. The molecule has 0 bridgehead atoms. The number of hydrogen-bond acceptors (Lipinski definition) is 3. The SMILES string of the molecule is O=C(NCc1ccc2ccccc2c1)c1ccc2c(c1)CCCN2CC1=CCC#CC(c2ccccc2C(=O)O)=C1. The number of carbonyl (C=O) groups is 2. The highest BCUT2D eigenvalue weighted by atomic mass is 16.4. The Kier molecular flexibility index (Phi) is 7.38. The van der Waals surface area contributed by atoms with Gasteiger partial charge in [-0.25, -0.2) is 4.79 Å². The number of aryl methyl sites for hydroxylation is 1. The number of nitrogens with zero attached hydrogens (tertiary/aromatic N) is 1. The Morgan fingerprint density at radius 3 is 2.63 bits per heavy atom. The summed E-state index contributed by atoms with van der Waals surface area (Å²) in [5, 5.41) is 15.1. The second kappa shape index (κ2) is 11.6. The third-order valence-electron chi connectivity index (χ3n) is 7.66. The highest BCUT2D eigenvalue weighted by molar-refractivity contribution is 5.97. The van der Waals surface area contributed by atoms with Gasteiger partial charge in [0.2, 0.25) is 0 Å². The third kappa shape index (κ3) is 5.78. The predicted molar refractivity (Wildman–Crippen MR) is 164 cm³/mol. The number of amides is 1. The lowest BCUT2D eigenvalue weighted by atomic mass is 9.96. The number of anilines is 1. The fourth-order valence-electron chi connectivity index (χ4n) is 5.60. The number of aromatic carboxylic acids is 1. The van der Waals surface area contributed by atoms with Crippen LogP contribution in [0.3, 0.4) is 0 Å². The summed E-state index contributed by atoms with van der Waals surface area (Å²) in [6.45, 7) is 2.07. The number of carboxylic acids is 1. The van der Waals surface area contributed by atoms with Gasteiger partial charge in [0, 0.05) is 48.4 Å². The van der Waals surface area contributed by atoms with Crippen LogP contribution in [0.4, 0.5) is 5.69 Å². The van der Waals surface area contributed by atoms with Crippen LogP contribution in [-0.4, -0.2) is 30.1 Å². The van der Waals surface area contributed by atoms with Crippen LogP contribution < -0.4 is 10.2 Å². The summed E-state index contributed by atoms with van der Waals surface area (Å²) in [5.41, 5.74) is 6.74. The predicted octanol–water partition coefficient (Wildman–Crippen LogP) is 6.64. The van der Waals surface area contributed by atoms with E-state index in [4.69, 9.17) is 0 Å². The van der Waals surface area contributed by atoms with E-state index in [-0.39, 0.29) is 11.5 Å². The van der Waals surface area contributed by atoms with Crippen LogP contribution in [-0.2, 0) is 13.0 Å². The van der Waals surface area contributed by atoms with E-state index in [1.54, 1.807) is 12.1 Å². The normalized spacial score (nSPS) is 14.2. The van der Waals surface area contributed by atoms with Crippen molar-refractivity contribution >= 4 is 33.9 Å². The largest absolute Gasteiger partial charge is 0.478 e. The van der Waals surface area contributed by atoms with E-state index in [9.17, 15) is 14.7 Å². The van der Waals surface area contributed by atoms with Crippen LogP contribution >= 0.6 is 0 Å². The van der Waals surface area contributed by atoms with E-state index in [2.05, 4.69) is 64.5 Å². The van der Waals surface area contributed by atoms with Gasteiger partial charge in [0.1, 0.15) is 0 Å². The summed E-state index contributed by atoms with van der Waals surface area (Å²) < 4.78 is 0. The lowest BCUT2D eigenvalue weighted by molar-refractivity contribution is 0.0696. The molecule has 202 valence electrons. The Morgan fingerprint density at radius 2 is 1.76 bits per heavy atom. The summed E-state index contributed by atoms with van der Waals surface area (Å²) in [5.74, 6) is 5.28. The number of benzene rings is 4. The molecule has 5 nitrogen and oxygen atoms in total. The quantitative estimate of drug-likeness (QED) is 0.259. The second-order valence-corrected chi connectivity index (χ2v) is 10.4. The van der Waals surface area contributed by atoms with Gasteiger partial charge in [0.05, 0.1) is 5.56 Å². The Labute approximate surface area is 239 Å². The van der Waals surface area contributed by atoms with Crippen LogP contribution in [0.5, 0.6) is 0 Å². The van der Waals surface area contributed by atoms with Gasteiger partial charge in [-0.2, -0.15) is 0 Å². The Balaban J connectivity index is 1.17. The fourth-order valence-corrected chi connectivity index (χ4v) is 5.60. The van der Waals surface area contributed by atoms with Crippen molar-refractivity contribution in [1.82, 2.24) is 5.32 Å². The molecule has 0 radical (unpaired) electrons. The zero-order valence-corrected chi connectivity index (χ0v) is 22.7. The van der Waals surface area contributed by atoms with E-state index < -0.39 is 5.97 Å². The molecule has 2 N–H and O–H groups in total. The first-order chi connectivity index (χ1) is 20.0. The van der Waals surface area contributed by atoms with Gasteiger partial charge >= 0.3 is 5.97 Å². The molecule has 0 aromatic heterocycles. The molecule has 1 aliphatic carbocycles. The molecule has 0 saturated heterocycles. The number of fused-ring (bicyclic) bond motifs is 2. The van der Waals surface area contributed by atoms with Crippen molar-refractivity contribution in [1.29, 1.82) is 0 Å². The van der Waals surface area contributed by atoms with Crippen molar-refractivity contribution in [3.63, 3.8) is 0 Å². The molecular formula is C36H30N2O3. The van der Waals surface area contributed by atoms with Crippen molar-refractivity contribution in [2.24, 2.45) is 0 Å². The molecule has 4 aromatic rings. The highest BCUT2D eigenvalue weighted by Gasteiger charge is 2.20. The van der Waals surface area contributed by atoms with Crippen molar-refractivity contribution in [3.8, 4) is 11.8 Å². The number of allylic oxidation sites excluding steroid dienone is 2. The van der Waals surface area contributed by atoms with Gasteiger partial charge in [-0.1, -0.05) is 72.5 Å². The third-order valence-corrected chi connectivity index (χ3v) is 7.66. The van der Waals surface area contributed by atoms with E-state index in [1.165, 1.54) is 10.9 Å².